The molecule has 6 aromatic rings. The SMILES string of the molecule is CC1(C)c2ccccc2-c2cc3c4ccccc4n(-c4ccccc4-c4ccccc4)c3cc21. The zero-order chi connectivity index (χ0) is 22.9. The van der Waals surface area contributed by atoms with Gasteiger partial charge in [-0.25, -0.2) is 0 Å². The van der Waals surface area contributed by atoms with E-state index >= 15 is 0 Å². The third kappa shape index (κ3) is 2.55. The lowest BCUT2D eigenvalue weighted by molar-refractivity contribution is 0.661. The fourth-order valence-electron chi connectivity index (χ4n) is 5.95. The van der Waals surface area contributed by atoms with Gasteiger partial charge in [0.25, 0.3) is 0 Å². The molecule has 1 aliphatic carbocycles. The quantitative estimate of drug-likeness (QED) is 0.256. The molecule has 1 aliphatic rings. The van der Waals surface area contributed by atoms with E-state index in [1.165, 1.54) is 60.9 Å². The van der Waals surface area contributed by atoms with E-state index in [0.717, 1.165) is 0 Å². The third-order valence-corrected chi connectivity index (χ3v) is 7.61. The highest BCUT2D eigenvalue weighted by Crippen LogP contribution is 2.51. The average molecular weight is 436 g/mol. The smallest absolute Gasteiger partial charge is 0.0544 e. The largest absolute Gasteiger partial charge is 0.309 e. The molecule has 1 heterocycles. The molecule has 34 heavy (non-hydrogen) atoms. The van der Waals surface area contributed by atoms with Crippen LogP contribution in [0.2, 0.25) is 0 Å². The van der Waals surface area contributed by atoms with Gasteiger partial charge >= 0.3 is 0 Å². The lowest BCUT2D eigenvalue weighted by atomic mass is 9.82. The number of hydrogen-bond donors (Lipinski definition) is 0. The molecule has 1 aromatic heterocycles. The molecule has 0 fully saturated rings. The summed E-state index contributed by atoms with van der Waals surface area (Å²) in [5.74, 6) is 0. The summed E-state index contributed by atoms with van der Waals surface area (Å²) < 4.78 is 2.46. The highest BCUT2D eigenvalue weighted by molar-refractivity contribution is 6.12. The molecule has 0 bridgehead atoms. The summed E-state index contributed by atoms with van der Waals surface area (Å²) in [6.45, 7) is 4.71. The van der Waals surface area contributed by atoms with Gasteiger partial charge in [0, 0.05) is 21.8 Å². The van der Waals surface area contributed by atoms with E-state index < -0.39 is 0 Å². The Morgan fingerprint density at radius 1 is 0.500 bits per heavy atom. The van der Waals surface area contributed by atoms with Gasteiger partial charge in [-0.3, -0.25) is 0 Å². The second-order valence-electron chi connectivity index (χ2n) is 9.82. The third-order valence-electron chi connectivity index (χ3n) is 7.61. The average Bonchev–Trinajstić information content (AvgIpc) is 3.33. The standard InChI is InChI=1S/C33H25N/c1-33(2)28-17-9-6-15-24(28)26-20-27-25-16-8-11-19-31(25)34(32(27)21-29(26)33)30-18-10-7-14-23(30)22-12-4-3-5-13-22/h3-21H,1-2H3. The van der Waals surface area contributed by atoms with Crippen molar-refractivity contribution in [3.63, 3.8) is 0 Å². The Labute approximate surface area is 199 Å². The number of nitrogens with zero attached hydrogens (tertiary/aromatic N) is 1. The number of para-hydroxylation sites is 2. The van der Waals surface area contributed by atoms with Crippen LogP contribution in [0, 0.1) is 0 Å². The molecule has 0 N–H and O–H groups in total. The Morgan fingerprint density at radius 2 is 1.18 bits per heavy atom. The van der Waals surface area contributed by atoms with Crippen LogP contribution in [0.4, 0.5) is 0 Å². The molecular weight excluding hydrogens is 410 g/mol. The van der Waals surface area contributed by atoms with Crippen molar-refractivity contribution in [1.29, 1.82) is 0 Å². The van der Waals surface area contributed by atoms with E-state index in [1.807, 2.05) is 0 Å². The van der Waals surface area contributed by atoms with E-state index in [9.17, 15) is 0 Å². The van der Waals surface area contributed by atoms with Gasteiger partial charge in [0.05, 0.1) is 16.7 Å². The Hall–Kier alpha value is -4.10. The molecule has 162 valence electrons. The van der Waals surface area contributed by atoms with Crippen molar-refractivity contribution in [1.82, 2.24) is 4.57 Å². The van der Waals surface area contributed by atoms with Crippen molar-refractivity contribution < 1.29 is 0 Å². The maximum atomic E-state index is 2.46. The summed E-state index contributed by atoms with van der Waals surface area (Å²) in [7, 11) is 0. The molecule has 0 radical (unpaired) electrons. The van der Waals surface area contributed by atoms with E-state index in [0.29, 0.717) is 0 Å². The Bertz CT molecular complexity index is 1720. The minimum atomic E-state index is -0.0274. The van der Waals surface area contributed by atoms with Gasteiger partial charge in [-0.15, -0.1) is 0 Å². The first-order chi connectivity index (χ1) is 16.6. The molecule has 0 saturated carbocycles. The van der Waals surface area contributed by atoms with Gasteiger partial charge in [0.1, 0.15) is 0 Å². The molecule has 1 heteroatoms. The van der Waals surface area contributed by atoms with E-state index in [2.05, 4.69) is 134 Å². The molecule has 0 atom stereocenters. The van der Waals surface area contributed by atoms with Gasteiger partial charge in [-0.2, -0.15) is 0 Å². The summed E-state index contributed by atoms with van der Waals surface area (Å²) in [6.07, 6.45) is 0. The molecule has 0 aliphatic heterocycles. The van der Waals surface area contributed by atoms with Crippen molar-refractivity contribution in [3.05, 3.63) is 126 Å². The molecular formula is C33H25N. The first-order valence-corrected chi connectivity index (χ1v) is 12.0. The van der Waals surface area contributed by atoms with Crippen LogP contribution in [0.3, 0.4) is 0 Å². The van der Waals surface area contributed by atoms with Crippen molar-refractivity contribution in [2.75, 3.05) is 0 Å². The second-order valence-corrected chi connectivity index (χ2v) is 9.82. The zero-order valence-corrected chi connectivity index (χ0v) is 19.4. The number of fused-ring (bicyclic) bond motifs is 6. The van der Waals surface area contributed by atoms with Crippen molar-refractivity contribution in [2.45, 2.75) is 19.3 Å². The number of benzene rings is 5. The Kier molecular flexibility index (Phi) is 3.96. The monoisotopic (exact) mass is 435 g/mol. The molecule has 0 saturated heterocycles. The number of aromatic nitrogens is 1. The van der Waals surface area contributed by atoms with E-state index in [4.69, 9.17) is 0 Å². The van der Waals surface area contributed by atoms with Crippen LogP contribution in [0.1, 0.15) is 25.0 Å². The van der Waals surface area contributed by atoms with Crippen molar-refractivity contribution in [3.8, 4) is 27.9 Å². The van der Waals surface area contributed by atoms with Crippen LogP contribution >= 0.6 is 0 Å². The summed E-state index contributed by atoms with van der Waals surface area (Å²) in [5, 5.41) is 2.61. The fraction of sp³-hybridized carbons (Fsp3) is 0.0909. The minimum absolute atomic E-state index is 0.0274. The van der Waals surface area contributed by atoms with E-state index in [-0.39, 0.29) is 5.41 Å². The second kappa shape index (κ2) is 6.95. The molecule has 0 unspecified atom stereocenters. The summed E-state index contributed by atoms with van der Waals surface area (Å²) >= 11 is 0. The fourth-order valence-corrected chi connectivity index (χ4v) is 5.95. The normalized spacial score (nSPS) is 13.8. The Morgan fingerprint density at radius 3 is 2.03 bits per heavy atom. The topological polar surface area (TPSA) is 4.93 Å². The van der Waals surface area contributed by atoms with Crippen LogP contribution in [-0.2, 0) is 5.41 Å². The molecule has 0 spiro atoms. The van der Waals surface area contributed by atoms with Gasteiger partial charge in [0.15, 0.2) is 0 Å². The summed E-state index contributed by atoms with van der Waals surface area (Å²) in [5.41, 5.74) is 11.7. The highest BCUT2D eigenvalue weighted by Gasteiger charge is 2.36. The van der Waals surface area contributed by atoms with E-state index in [1.54, 1.807) is 0 Å². The lowest BCUT2D eigenvalue weighted by Gasteiger charge is -2.22. The molecule has 0 amide bonds. The first kappa shape index (κ1) is 19.4. The summed E-state index contributed by atoms with van der Waals surface area (Å²) in [4.78, 5) is 0. The van der Waals surface area contributed by atoms with Gasteiger partial charge in [0.2, 0.25) is 0 Å². The van der Waals surface area contributed by atoms with Crippen LogP contribution in [0.5, 0.6) is 0 Å². The first-order valence-electron chi connectivity index (χ1n) is 12.0. The molecule has 5 aromatic carbocycles. The van der Waals surface area contributed by atoms with Gasteiger partial charge < -0.3 is 4.57 Å². The Balaban J connectivity index is 1.61. The summed E-state index contributed by atoms with van der Waals surface area (Å²) in [6, 6.07) is 42.1. The molecule has 7 rings (SSSR count). The van der Waals surface area contributed by atoms with Crippen LogP contribution in [-0.4, -0.2) is 4.57 Å². The number of rotatable bonds is 2. The predicted octanol–water partition coefficient (Wildman–Crippen LogP) is 8.76. The van der Waals surface area contributed by atoms with Gasteiger partial charge in [-0.05, 0) is 52.1 Å². The van der Waals surface area contributed by atoms with Crippen LogP contribution < -0.4 is 0 Å². The maximum Gasteiger partial charge on any atom is 0.0544 e. The predicted molar refractivity (Wildman–Crippen MR) is 144 cm³/mol. The van der Waals surface area contributed by atoms with Crippen LogP contribution in [0.25, 0.3) is 49.7 Å². The van der Waals surface area contributed by atoms with Gasteiger partial charge in [-0.1, -0.05) is 105 Å². The maximum absolute atomic E-state index is 2.46. The molecule has 1 nitrogen and oxygen atoms in total. The van der Waals surface area contributed by atoms with Crippen molar-refractivity contribution >= 4 is 21.8 Å². The lowest BCUT2D eigenvalue weighted by Crippen LogP contribution is -2.15. The highest BCUT2D eigenvalue weighted by atomic mass is 15.0. The van der Waals surface area contributed by atoms with Crippen molar-refractivity contribution in [2.24, 2.45) is 0 Å². The minimum Gasteiger partial charge on any atom is -0.309 e. The zero-order valence-electron chi connectivity index (χ0n) is 19.4. The number of hydrogen-bond acceptors (Lipinski definition) is 0. The van der Waals surface area contributed by atoms with Crippen LogP contribution in [0.15, 0.2) is 115 Å².